The number of rotatable bonds is 5. The lowest BCUT2D eigenvalue weighted by Gasteiger charge is -2.14. The van der Waals surface area contributed by atoms with Crippen LogP contribution in [0.25, 0.3) is 10.8 Å². The second-order valence-electron chi connectivity index (χ2n) is 5.61. The molecular weight excluding hydrogens is 366 g/mol. The maximum absolute atomic E-state index is 12.2. The fourth-order valence-electron chi connectivity index (χ4n) is 2.76. The number of hydrogen-bond donors (Lipinski definition) is 2. The summed E-state index contributed by atoms with van der Waals surface area (Å²) < 4.78 is 0.761. The molecule has 3 aromatic carbocycles. The molecule has 0 heterocycles. The minimum absolute atomic E-state index is 0.146. The van der Waals surface area contributed by atoms with E-state index in [1.807, 2.05) is 60.7 Å². The molecule has 0 bridgehead atoms. The number of carbonyl (C=O) groups is 1. The zero-order valence-electron chi connectivity index (χ0n) is 13.1. The van der Waals surface area contributed by atoms with Gasteiger partial charge in [0, 0.05) is 11.0 Å². The summed E-state index contributed by atoms with van der Waals surface area (Å²) in [4.78, 5) is 12.2. The molecule has 3 rings (SSSR count). The SMILES string of the molecule is O=C(NCCC(O)c1cccc2ccccc12)c1ccccc1Br. The Morgan fingerprint density at radius 2 is 1.71 bits per heavy atom. The van der Waals surface area contributed by atoms with E-state index in [2.05, 4.69) is 21.2 Å². The third kappa shape index (κ3) is 3.66. The lowest BCUT2D eigenvalue weighted by Crippen LogP contribution is -2.26. The predicted octanol–water partition coefficient (Wildman–Crippen LogP) is 4.46. The molecule has 1 unspecified atom stereocenters. The summed E-state index contributed by atoms with van der Waals surface area (Å²) >= 11 is 3.37. The normalized spacial score (nSPS) is 12.1. The maximum atomic E-state index is 12.2. The molecule has 4 heteroatoms. The first kappa shape index (κ1) is 16.7. The Balaban J connectivity index is 1.64. The Kier molecular flexibility index (Phi) is 5.28. The maximum Gasteiger partial charge on any atom is 0.252 e. The number of fused-ring (bicyclic) bond motifs is 1. The predicted molar refractivity (Wildman–Crippen MR) is 100 cm³/mol. The Hall–Kier alpha value is -2.17. The van der Waals surface area contributed by atoms with Gasteiger partial charge in [0.05, 0.1) is 11.7 Å². The molecular formula is C20H18BrNO2. The van der Waals surface area contributed by atoms with E-state index in [1.54, 1.807) is 6.07 Å². The molecule has 3 aromatic rings. The zero-order valence-corrected chi connectivity index (χ0v) is 14.7. The van der Waals surface area contributed by atoms with E-state index >= 15 is 0 Å². The van der Waals surface area contributed by atoms with E-state index in [1.165, 1.54) is 0 Å². The molecule has 0 aliphatic rings. The van der Waals surface area contributed by atoms with Crippen LogP contribution in [0.5, 0.6) is 0 Å². The second kappa shape index (κ2) is 7.60. The summed E-state index contributed by atoms with van der Waals surface area (Å²) in [6.07, 6.45) is -0.153. The van der Waals surface area contributed by atoms with Crippen molar-refractivity contribution in [3.63, 3.8) is 0 Å². The molecule has 0 fully saturated rings. The molecule has 1 atom stereocenters. The van der Waals surface area contributed by atoms with E-state index in [0.29, 0.717) is 18.5 Å². The fourth-order valence-corrected chi connectivity index (χ4v) is 3.22. The highest BCUT2D eigenvalue weighted by molar-refractivity contribution is 9.10. The average Bonchev–Trinajstić information content (AvgIpc) is 2.61. The molecule has 2 N–H and O–H groups in total. The molecule has 0 spiro atoms. The fraction of sp³-hybridized carbons (Fsp3) is 0.150. The minimum Gasteiger partial charge on any atom is -0.388 e. The summed E-state index contributed by atoms with van der Waals surface area (Å²) in [5, 5.41) is 15.5. The van der Waals surface area contributed by atoms with Crippen LogP contribution in [-0.2, 0) is 0 Å². The van der Waals surface area contributed by atoms with Gasteiger partial charge in [-0.25, -0.2) is 0 Å². The molecule has 0 radical (unpaired) electrons. The second-order valence-corrected chi connectivity index (χ2v) is 6.46. The van der Waals surface area contributed by atoms with Crippen molar-refractivity contribution in [2.24, 2.45) is 0 Å². The molecule has 0 aromatic heterocycles. The highest BCUT2D eigenvalue weighted by Crippen LogP contribution is 2.26. The van der Waals surface area contributed by atoms with Crippen molar-refractivity contribution in [1.29, 1.82) is 0 Å². The average molecular weight is 384 g/mol. The highest BCUT2D eigenvalue weighted by atomic mass is 79.9. The van der Waals surface area contributed by atoms with Gasteiger partial charge in [-0.2, -0.15) is 0 Å². The number of carbonyl (C=O) groups excluding carboxylic acids is 1. The van der Waals surface area contributed by atoms with Gasteiger partial charge < -0.3 is 10.4 Å². The monoisotopic (exact) mass is 383 g/mol. The number of aliphatic hydroxyl groups excluding tert-OH is 1. The molecule has 0 aliphatic carbocycles. The topological polar surface area (TPSA) is 49.3 Å². The standard InChI is InChI=1S/C20H18BrNO2/c21-18-11-4-3-9-17(18)20(24)22-13-12-19(23)16-10-5-7-14-6-1-2-8-15(14)16/h1-11,19,23H,12-13H2,(H,22,24). The Labute approximate surface area is 149 Å². The number of benzene rings is 3. The zero-order chi connectivity index (χ0) is 16.9. The van der Waals surface area contributed by atoms with Gasteiger partial charge in [-0.05, 0) is 50.8 Å². The van der Waals surface area contributed by atoms with Gasteiger partial charge in [0.15, 0.2) is 0 Å². The lowest BCUT2D eigenvalue weighted by molar-refractivity contribution is 0.0942. The first-order valence-electron chi connectivity index (χ1n) is 7.85. The van der Waals surface area contributed by atoms with Crippen LogP contribution in [0.2, 0.25) is 0 Å². The van der Waals surface area contributed by atoms with E-state index in [9.17, 15) is 9.90 Å². The van der Waals surface area contributed by atoms with Crippen molar-refractivity contribution in [3.05, 3.63) is 82.3 Å². The van der Waals surface area contributed by atoms with Crippen molar-refractivity contribution in [3.8, 4) is 0 Å². The number of halogens is 1. The van der Waals surface area contributed by atoms with Crippen molar-refractivity contribution in [2.45, 2.75) is 12.5 Å². The van der Waals surface area contributed by atoms with Gasteiger partial charge >= 0.3 is 0 Å². The largest absolute Gasteiger partial charge is 0.388 e. The van der Waals surface area contributed by atoms with Crippen LogP contribution in [0.3, 0.4) is 0 Å². The van der Waals surface area contributed by atoms with Crippen molar-refractivity contribution in [2.75, 3.05) is 6.54 Å². The molecule has 1 amide bonds. The van der Waals surface area contributed by atoms with Crippen LogP contribution < -0.4 is 5.32 Å². The molecule has 122 valence electrons. The first-order valence-corrected chi connectivity index (χ1v) is 8.64. The number of amides is 1. The van der Waals surface area contributed by atoms with Gasteiger partial charge in [-0.3, -0.25) is 4.79 Å². The molecule has 0 aliphatic heterocycles. The quantitative estimate of drug-likeness (QED) is 0.683. The molecule has 3 nitrogen and oxygen atoms in total. The lowest BCUT2D eigenvalue weighted by atomic mass is 9.99. The Morgan fingerprint density at radius 3 is 2.54 bits per heavy atom. The smallest absolute Gasteiger partial charge is 0.252 e. The number of aliphatic hydroxyl groups is 1. The van der Waals surface area contributed by atoms with E-state index in [-0.39, 0.29) is 5.91 Å². The van der Waals surface area contributed by atoms with Crippen LogP contribution in [-0.4, -0.2) is 17.6 Å². The third-order valence-corrected chi connectivity index (χ3v) is 4.70. The van der Waals surface area contributed by atoms with Crippen LogP contribution >= 0.6 is 15.9 Å². The van der Waals surface area contributed by atoms with Crippen LogP contribution in [0.4, 0.5) is 0 Å². The molecule has 0 saturated heterocycles. The van der Waals surface area contributed by atoms with Gasteiger partial charge in [0.1, 0.15) is 0 Å². The molecule has 24 heavy (non-hydrogen) atoms. The minimum atomic E-state index is -0.615. The summed E-state index contributed by atoms with van der Waals surface area (Å²) in [5.74, 6) is -0.146. The summed E-state index contributed by atoms with van der Waals surface area (Å²) in [6, 6.07) is 21.2. The molecule has 0 saturated carbocycles. The Morgan fingerprint density at radius 1 is 1.00 bits per heavy atom. The number of hydrogen-bond acceptors (Lipinski definition) is 2. The van der Waals surface area contributed by atoms with Crippen LogP contribution in [0.15, 0.2) is 71.2 Å². The van der Waals surface area contributed by atoms with Crippen molar-refractivity contribution in [1.82, 2.24) is 5.32 Å². The van der Waals surface area contributed by atoms with Crippen LogP contribution in [0, 0.1) is 0 Å². The Bertz CT molecular complexity index is 858. The van der Waals surface area contributed by atoms with Gasteiger partial charge in [-0.15, -0.1) is 0 Å². The van der Waals surface area contributed by atoms with Crippen molar-refractivity contribution < 1.29 is 9.90 Å². The van der Waals surface area contributed by atoms with Gasteiger partial charge in [-0.1, -0.05) is 54.6 Å². The highest BCUT2D eigenvalue weighted by Gasteiger charge is 2.13. The van der Waals surface area contributed by atoms with E-state index < -0.39 is 6.10 Å². The summed E-state index contributed by atoms with van der Waals surface area (Å²) in [5.41, 5.74) is 1.49. The first-order chi connectivity index (χ1) is 11.7. The van der Waals surface area contributed by atoms with Gasteiger partial charge in [0.2, 0.25) is 0 Å². The van der Waals surface area contributed by atoms with E-state index in [0.717, 1.165) is 20.8 Å². The van der Waals surface area contributed by atoms with Gasteiger partial charge in [0.25, 0.3) is 5.91 Å². The van der Waals surface area contributed by atoms with Crippen LogP contribution in [0.1, 0.15) is 28.4 Å². The van der Waals surface area contributed by atoms with E-state index in [4.69, 9.17) is 0 Å². The third-order valence-electron chi connectivity index (χ3n) is 4.00. The van der Waals surface area contributed by atoms with Crippen molar-refractivity contribution >= 4 is 32.6 Å². The summed E-state index contributed by atoms with van der Waals surface area (Å²) in [7, 11) is 0. The summed E-state index contributed by atoms with van der Waals surface area (Å²) in [6.45, 7) is 0.407. The number of nitrogens with one attached hydrogen (secondary N) is 1.